The molecule has 4 rings (SSSR count). The smallest absolute Gasteiger partial charge is 0.271 e. The first kappa shape index (κ1) is 19.8. The molecule has 0 radical (unpaired) electrons. The normalized spacial score (nSPS) is 21.7. The highest BCUT2D eigenvalue weighted by Crippen LogP contribution is 2.40. The molecule has 0 fully saturated rings. The van der Waals surface area contributed by atoms with E-state index in [0.717, 1.165) is 60.8 Å². The lowest BCUT2D eigenvalue weighted by Crippen LogP contribution is -2.41. The van der Waals surface area contributed by atoms with Crippen LogP contribution in [0.15, 0.2) is 42.5 Å². The Labute approximate surface area is 173 Å². The molecule has 2 aromatic rings. The van der Waals surface area contributed by atoms with Gasteiger partial charge in [0.1, 0.15) is 5.75 Å². The predicted molar refractivity (Wildman–Crippen MR) is 115 cm³/mol. The van der Waals surface area contributed by atoms with E-state index in [1.54, 1.807) is 14.2 Å². The Morgan fingerprint density at radius 1 is 1.03 bits per heavy atom. The SMILES string of the molecule is CCc1ccc([C@@]2(O)CN(c3cc(OC)ccc3OC)C3=[N+]2CCCCC3)cc1. The second-order valence-electron chi connectivity index (χ2n) is 7.87. The fraction of sp³-hybridized carbons (Fsp3) is 0.458. The molecule has 0 aliphatic carbocycles. The molecule has 0 aromatic heterocycles. The summed E-state index contributed by atoms with van der Waals surface area (Å²) < 4.78 is 13.3. The zero-order chi connectivity index (χ0) is 20.4. The van der Waals surface area contributed by atoms with Crippen LogP contribution in [0.4, 0.5) is 5.69 Å². The van der Waals surface area contributed by atoms with Gasteiger partial charge in [0.2, 0.25) is 0 Å². The van der Waals surface area contributed by atoms with Crippen molar-refractivity contribution < 1.29 is 19.2 Å². The van der Waals surface area contributed by atoms with E-state index >= 15 is 0 Å². The van der Waals surface area contributed by atoms with Crippen molar-refractivity contribution >= 4 is 11.5 Å². The van der Waals surface area contributed by atoms with Crippen molar-refractivity contribution in [3.63, 3.8) is 0 Å². The Bertz CT molecular complexity index is 907. The molecule has 1 N–H and O–H groups in total. The molecule has 0 saturated carbocycles. The number of rotatable bonds is 5. The minimum absolute atomic E-state index is 0.470. The van der Waals surface area contributed by atoms with E-state index in [1.807, 2.05) is 18.2 Å². The monoisotopic (exact) mass is 395 g/mol. The van der Waals surface area contributed by atoms with Crippen molar-refractivity contribution in [1.29, 1.82) is 0 Å². The molecular formula is C24H31N2O3+. The fourth-order valence-electron chi connectivity index (χ4n) is 4.56. The van der Waals surface area contributed by atoms with Gasteiger partial charge in [-0.05, 0) is 43.4 Å². The lowest BCUT2D eigenvalue weighted by molar-refractivity contribution is -0.658. The largest absolute Gasteiger partial charge is 0.497 e. The summed E-state index contributed by atoms with van der Waals surface area (Å²) >= 11 is 0. The predicted octanol–water partition coefficient (Wildman–Crippen LogP) is 3.92. The number of aliphatic hydroxyl groups is 1. The van der Waals surface area contributed by atoms with Crippen molar-refractivity contribution in [2.45, 2.75) is 44.8 Å². The summed E-state index contributed by atoms with van der Waals surface area (Å²) in [5, 5.41) is 12.0. The minimum Gasteiger partial charge on any atom is -0.497 e. The van der Waals surface area contributed by atoms with Crippen molar-refractivity contribution in [1.82, 2.24) is 0 Å². The van der Waals surface area contributed by atoms with Gasteiger partial charge >= 0.3 is 0 Å². The van der Waals surface area contributed by atoms with Gasteiger partial charge in [0.15, 0.2) is 18.0 Å². The lowest BCUT2D eigenvalue weighted by Gasteiger charge is -2.24. The van der Waals surface area contributed by atoms with Gasteiger partial charge in [-0.25, -0.2) is 9.48 Å². The first-order valence-electron chi connectivity index (χ1n) is 10.6. The second kappa shape index (κ2) is 8.07. The number of amidine groups is 1. The molecule has 0 saturated heterocycles. The average Bonchev–Trinajstić information content (AvgIpc) is 2.91. The van der Waals surface area contributed by atoms with Crippen LogP contribution in [0.2, 0.25) is 0 Å². The highest BCUT2D eigenvalue weighted by molar-refractivity contribution is 5.97. The van der Waals surface area contributed by atoms with Crippen LogP contribution in [-0.4, -0.2) is 42.8 Å². The fourth-order valence-corrected chi connectivity index (χ4v) is 4.56. The summed E-state index contributed by atoms with van der Waals surface area (Å²) in [5.41, 5.74) is 2.11. The molecule has 29 heavy (non-hydrogen) atoms. The molecule has 2 aliphatic heterocycles. The molecule has 5 nitrogen and oxygen atoms in total. The van der Waals surface area contributed by atoms with Crippen molar-refractivity contribution in [2.24, 2.45) is 0 Å². The number of aryl methyl sites for hydroxylation is 1. The third-order valence-electron chi connectivity index (χ3n) is 6.23. The van der Waals surface area contributed by atoms with Crippen LogP contribution in [-0.2, 0) is 12.1 Å². The molecule has 0 bridgehead atoms. The van der Waals surface area contributed by atoms with Crippen LogP contribution in [0.3, 0.4) is 0 Å². The maximum absolute atomic E-state index is 12.0. The van der Waals surface area contributed by atoms with Crippen molar-refractivity contribution in [3.8, 4) is 11.5 Å². The van der Waals surface area contributed by atoms with Crippen LogP contribution in [0.1, 0.15) is 43.7 Å². The minimum atomic E-state index is -1.06. The zero-order valence-electron chi connectivity index (χ0n) is 17.6. The van der Waals surface area contributed by atoms with Crippen LogP contribution in [0.5, 0.6) is 11.5 Å². The van der Waals surface area contributed by atoms with Gasteiger partial charge in [0.25, 0.3) is 11.6 Å². The highest BCUT2D eigenvalue weighted by atomic mass is 16.5. The van der Waals surface area contributed by atoms with Gasteiger partial charge in [-0.1, -0.05) is 31.2 Å². The van der Waals surface area contributed by atoms with Crippen LogP contribution in [0, 0.1) is 0 Å². The van der Waals surface area contributed by atoms with E-state index in [4.69, 9.17) is 9.47 Å². The Morgan fingerprint density at radius 2 is 1.83 bits per heavy atom. The molecular weight excluding hydrogens is 364 g/mol. The molecule has 2 heterocycles. The number of anilines is 1. The Kier molecular flexibility index (Phi) is 5.50. The van der Waals surface area contributed by atoms with E-state index in [2.05, 4.69) is 40.7 Å². The molecule has 0 spiro atoms. The van der Waals surface area contributed by atoms with Gasteiger partial charge in [0.05, 0.1) is 20.8 Å². The van der Waals surface area contributed by atoms with Crippen LogP contribution >= 0.6 is 0 Å². The molecule has 1 atom stereocenters. The number of ether oxygens (including phenoxy) is 2. The number of methoxy groups -OCH3 is 2. The second-order valence-corrected chi connectivity index (χ2v) is 7.87. The summed E-state index contributed by atoms with van der Waals surface area (Å²) in [6, 6.07) is 14.2. The standard InChI is InChI=1S/C24H31N2O3/c1-4-18-9-11-19(12-10-18)24(27)17-25(23-8-6-5-7-15-26(23)24)21-16-20(28-2)13-14-22(21)29-3/h9-14,16,27H,4-8,15,17H2,1-3H3/q+1/t24-/m0/s1. The average molecular weight is 396 g/mol. The van der Waals surface area contributed by atoms with Crippen molar-refractivity contribution in [3.05, 3.63) is 53.6 Å². The van der Waals surface area contributed by atoms with Gasteiger partial charge in [-0.2, -0.15) is 0 Å². The van der Waals surface area contributed by atoms with E-state index in [9.17, 15) is 5.11 Å². The van der Waals surface area contributed by atoms with Gasteiger partial charge < -0.3 is 14.6 Å². The van der Waals surface area contributed by atoms with E-state index < -0.39 is 5.72 Å². The Hall–Kier alpha value is -2.53. The first-order valence-corrected chi connectivity index (χ1v) is 10.6. The quantitative estimate of drug-likeness (QED) is 0.780. The molecule has 0 amide bonds. The summed E-state index contributed by atoms with van der Waals surface area (Å²) in [5.74, 6) is 2.73. The van der Waals surface area contributed by atoms with E-state index in [0.29, 0.717) is 6.54 Å². The number of hydrogen-bond donors (Lipinski definition) is 1. The maximum Gasteiger partial charge on any atom is 0.271 e. The first-order chi connectivity index (χ1) is 14.1. The molecule has 5 heteroatoms. The Balaban J connectivity index is 1.82. The van der Waals surface area contributed by atoms with Gasteiger partial charge in [0, 0.05) is 18.1 Å². The van der Waals surface area contributed by atoms with Gasteiger partial charge in [-0.3, -0.25) is 0 Å². The summed E-state index contributed by atoms with van der Waals surface area (Å²) in [6.07, 6.45) is 5.32. The summed E-state index contributed by atoms with van der Waals surface area (Å²) in [4.78, 5) is 2.22. The third kappa shape index (κ3) is 3.48. The molecule has 0 unspecified atom stereocenters. The summed E-state index contributed by atoms with van der Waals surface area (Å²) in [6.45, 7) is 3.47. The molecule has 2 aromatic carbocycles. The highest BCUT2D eigenvalue weighted by Gasteiger charge is 2.52. The number of nitrogens with zero attached hydrogens (tertiary/aromatic N) is 2. The molecule has 154 valence electrons. The van der Waals surface area contributed by atoms with E-state index in [-0.39, 0.29) is 0 Å². The molecule has 2 aliphatic rings. The number of β-amino-alcohol motifs (C(OH)–C–C–N with tert-alkyl or cyclic N) is 1. The Morgan fingerprint density at radius 3 is 2.52 bits per heavy atom. The van der Waals surface area contributed by atoms with Crippen molar-refractivity contribution in [2.75, 3.05) is 32.2 Å². The summed E-state index contributed by atoms with van der Waals surface area (Å²) in [7, 11) is 3.36. The number of hydrogen-bond acceptors (Lipinski definition) is 4. The third-order valence-corrected chi connectivity index (χ3v) is 6.23. The van der Waals surface area contributed by atoms with Crippen LogP contribution in [0.25, 0.3) is 0 Å². The van der Waals surface area contributed by atoms with E-state index in [1.165, 1.54) is 12.0 Å². The van der Waals surface area contributed by atoms with Crippen LogP contribution < -0.4 is 14.4 Å². The topological polar surface area (TPSA) is 44.9 Å². The zero-order valence-corrected chi connectivity index (χ0v) is 17.6. The lowest BCUT2D eigenvalue weighted by atomic mass is 9.99. The number of benzene rings is 2. The maximum atomic E-state index is 12.0. The van der Waals surface area contributed by atoms with Gasteiger partial charge in [-0.15, -0.1) is 0 Å².